The number of rotatable bonds is 8. The Balaban J connectivity index is 1.53. The van der Waals surface area contributed by atoms with Gasteiger partial charge < -0.3 is 14.8 Å². The van der Waals surface area contributed by atoms with Gasteiger partial charge in [-0.1, -0.05) is 54.1 Å². The lowest BCUT2D eigenvalue weighted by Gasteiger charge is -2.14. The molecule has 1 aliphatic heterocycles. The molecule has 178 valence electrons. The lowest BCUT2D eigenvalue weighted by Crippen LogP contribution is -2.30. The summed E-state index contributed by atoms with van der Waals surface area (Å²) < 4.78 is 11.2. The van der Waals surface area contributed by atoms with Gasteiger partial charge in [0.2, 0.25) is 0 Å². The van der Waals surface area contributed by atoms with Gasteiger partial charge in [-0.2, -0.15) is 0 Å². The fraction of sp³-hybridized carbons (Fsp3) is 0.120. The van der Waals surface area contributed by atoms with Crippen LogP contribution >= 0.6 is 11.6 Å². The molecule has 1 heterocycles. The Morgan fingerprint density at radius 2 is 1.80 bits per heavy atom. The standard InChI is InChI=1S/C25H20ClN3O6/c1-34-22-13-18(11-20(26)23(22)35-15-17-8-5-9-19(10-17)29(32)33)12-21-24(30)28(25(31)27-21)14-16-6-3-2-4-7-16/h2-13H,14-15H2,1H3,(H,27,31)/b21-12+. The van der Waals surface area contributed by atoms with Gasteiger partial charge in [0.1, 0.15) is 12.3 Å². The molecule has 3 aromatic rings. The van der Waals surface area contributed by atoms with Crippen molar-refractivity contribution in [3.8, 4) is 11.5 Å². The van der Waals surface area contributed by atoms with E-state index >= 15 is 0 Å². The van der Waals surface area contributed by atoms with Crippen LogP contribution in [-0.2, 0) is 17.9 Å². The largest absolute Gasteiger partial charge is 0.493 e. The van der Waals surface area contributed by atoms with Crippen molar-refractivity contribution in [2.24, 2.45) is 0 Å². The molecule has 3 aromatic carbocycles. The number of non-ortho nitro benzene ring substituents is 1. The zero-order valence-corrected chi connectivity index (χ0v) is 19.3. The minimum Gasteiger partial charge on any atom is -0.493 e. The number of halogens is 1. The molecule has 4 rings (SSSR count). The highest BCUT2D eigenvalue weighted by atomic mass is 35.5. The quantitative estimate of drug-likeness (QED) is 0.206. The predicted octanol–water partition coefficient (Wildman–Crippen LogP) is 4.93. The summed E-state index contributed by atoms with van der Waals surface area (Å²) in [7, 11) is 1.44. The van der Waals surface area contributed by atoms with Gasteiger partial charge in [0.25, 0.3) is 11.6 Å². The highest BCUT2D eigenvalue weighted by molar-refractivity contribution is 6.32. The van der Waals surface area contributed by atoms with E-state index in [2.05, 4.69) is 5.32 Å². The maximum Gasteiger partial charge on any atom is 0.329 e. The summed E-state index contributed by atoms with van der Waals surface area (Å²) in [6.45, 7) is 0.179. The average molecular weight is 494 g/mol. The highest BCUT2D eigenvalue weighted by Crippen LogP contribution is 2.38. The number of nitrogens with zero attached hydrogens (tertiary/aromatic N) is 2. The number of carbonyl (C=O) groups is 2. The highest BCUT2D eigenvalue weighted by Gasteiger charge is 2.33. The Hall–Kier alpha value is -4.37. The van der Waals surface area contributed by atoms with E-state index in [9.17, 15) is 19.7 Å². The number of hydrogen-bond acceptors (Lipinski definition) is 6. The first-order chi connectivity index (χ1) is 16.9. The van der Waals surface area contributed by atoms with Crippen molar-refractivity contribution >= 4 is 35.3 Å². The first kappa shape index (κ1) is 23.8. The predicted molar refractivity (Wildman–Crippen MR) is 129 cm³/mol. The van der Waals surface area contributed by atoms with Crippen LogP contribution in [0.15, 0.2) is 72.4 Å². The fourth-order valence-electron chi connectivity index (χ4n) is 3.53. The number of methoxy groups -OCH3 is 1. The van der Waals surface area contributed by atoms with E-state index in [1.54, 1.807) is 24.3 Å². The van der Waals surface area contributed by atoms with E-state index < -0.39 is 16.9 Å². The molecule has 0 aliphatic carbocycles. The number of hydrogen-bond donors (Lipinski definition) is 1. The summed E-state index contributed by atoms with van der Waals surface area (Å²) in [5.74, 6) is 0.0861. The summed E-state index contributed by atoms with van der Waals surface area (Å²) in [5, 5.41) is 13.8. The SMILES string of the molecule is COc1cc(/C=C2/NC(=O)N(Cc3ccccc3)C2=O)cc(Cl)c1OCc1cccc([N+](=O)[O-])c1. The smallest absolute Gasteiger partial charge is 0.329 e. The summed E-state index contributed by atoms with van der Waals surface area (Å²) in [5.41, 5.74) is 1.98. The van der Waals surface area contributed by atoms with Crippen molar-refractivity contribution in [2.75, 3.05) is 7.11 Å². The number of nitrogens with one attached hydrogen (secondary N) is 1. The zero-order chi connectivity index (χ0) is 24.9. The Kier molecular flexibility index (Phi) is 6.98. The second kappa shape index (κ2) is 10.3. The lowest BCUT2D eigenvalue weighted by atomic mass is 10.1. The molecule has 35 heavy (non-hydrogen) atoms. The molecule has 0 atom stereocenters. The van der Waals surface area contributed by atoms with Crippen molar-refractivity contribution < 1.29 is 24.0 Å². The first-order valence-electron chi connectivity index (χ1n) is 10.5. The summed E-state index contributed by atoms with van der Waals surface area (Å²) in [6.07, 6.45) is 1.50. The van der Waals surface area contributed by atoms with Gasteiger partial charge in [0.15, 0.2) is 11.5 Å². The normalized spacial score (nSPS) is 14.2. The molecule has 1 saturated heterocycles. The number of carbonyl (C=O) groups excluding carboxylic acids is 2. The molecule has 0 radical (unpaired) electrons. The van der Waals surface area contributed by atoms with E-state index in [1.807, 2.05) is 30.3 Å². The number of nitro groups is 1. The van der Waals surface area contributed by atoms with Gasteiger partial charge in [-0.25, -0.2) is 4.79 Å². The molecule has 0 unspecified atom stereocenters. The number of urea groups is 1. The first-order valence-corrected chi connectivity index (χ1v) is 10.9. The van der Waals surface area contributed by atoms with Crippen LogP contribution in [0.25, 0.3) is 6.08 Å². The van der Waals surface area contributed by atoms with Crippen molar-refractivity contribution in [2.45, 2.75) is 13.2 Å². The molecule has 1 fully saturated rings. The molecular formula is C25H20ClN3O6. The van der Waals surface area contributed by atoms with Crippen molar-refractivity contribution in [1.82, 2.24) is 10.2 Å². The molecule has 0 spiro atoms. The third-order valence-corrected chi connectivity index (χ3v) is 5.49. The minimum absolute atomic E-state index is 0.0290. The van der Waals surface area contributed by atoms with Gasteiger partial charge in [-0.05, 0) is 34.9 Å². The van der Waals surface area contributed by atoms with Crippen LogP contribution < -0.4 is 14.8 Å². The van der Waals surface area contributed by atoms with Gasteiger partial charge in [-0.3, -0.25) is 19.8 Å². The van der Waals surface area contributed by atoms with Crippen LogP contribution in [0.1, 0.15) is 16.7 Å². The molecule has 0 aromatic heterocycles. The second-order valence-corrected chi connectivity index (χ2v) is 8.02. The van der Waals surface area contributed by atoms with E-state index in [-0.39, 0.29) is 35.3 Å². The van der Waals surface area contributed by atoms with Crippen LogP contribution in [0.2, 0.25) is 5.02 Å². The van der Waals surface area contributed by atoms with Crippen molar-refractivity contribution in [1.29, 1.82) is 0 Å². The third kappa shape index (κ3) is 5.42. The molecule has 9 nitrogen and oxygen atoms in total. The van der Waals surface area contributed by atoms with Gasteiger partial charge >= 0.3 is 6.03 Å². The monoisotopic (exact) mass is 493 g/mol. The molecular weight excluding hydrogens is 474 g/mol. The lowest BCUT2D eigenvalue weighted by molar-refractivity contribution is -0.384. The van der Waals surface area contributed by atoms with Gasteiger partial charge in [0, 0.05) is 12.1 Å². The molecule has 0 saturated carbocycles. The Morgan fingerprint density at radius 3 is 2.51 bits per heavy atom. The molecule has 1 aliphatic rings. The third-order valence-electron chi connectivity index (χ3n) is 5.21. The minimum atomic E-state index is -0.514. The van der Waals surface area contributed by atoms with E-state index in [0.29, 0.717) is 16.9 Å². The van der Waals surface area contributed by atoms with Crippen LogP contribution in [0.5, 0.6) is 11.5 Å². The van der Waals surface area contributed by atoms with Crippen LogP contribution in [0.4, 0.5) is 10.5 Å². The number of ether oxygens (including phenoxy) is 2. The van der Waals surface area contributed by atoms with Gasteiger partial charge in [0.05, 0.1) is 23.6 Å². The van der Waals surface area contributed by atoms with Crippen LogP contribution in [-0.4, -0.2) is 28.9 Å². The van der Waals surface area contributed by atoms with Crippen molar-refractivity contribution in [3.05, 3.63) is 104 Å². The molecule has 10 heteroatoms. The Labute approximate surface area is 205 Å². The second-order valence-electron chi connectivity index (χ2n) is 7.61. The summed E-state index contributed by atoms with van der Waals surface area (Å²) in [6, 6.07) is 17.9. The molecule has 3 amide bonds. The van der Waals surface area contributed by atoms with E-state index in [4.69, 9.17) is 21.1 Å². The van der Waals surface area contributed by atoms with Crippen LogP contribution in [0, 0.1) is 10.1 Å². The van der Waals surface area contributed by atoms with Crippen LogP contribution in [0.3, 0.4) is 0 Å². The van der Waals surface area contributed by atoms with E-state index in [1.165, 1.54) is 25.3 Å². The topological polar surface area (TPSA) is 111 Å². The van der Waals surface area contributed by atoms with Crippen molar-refractivity contribution in [3.63, 3.8) is 0 Å². The summed E-state index contributed by atoms with van der Waals surface area (Å²) in [4.78, 5) is 36.8. The number of nitro benzene ring substituents is 1. The average Bonchev–Trinajstić information content (AvgIpc) is 3.11. The van der Waals surface area contributed by atoms with E-state index in [0.717, 1.165) is 10.5 Å². The Bertz CT molecular complexity index is 1330. The Morgan fingerprint density at radius 1 is 1.06 bits per heavy atom. The number of imide groups is 1. The summed E-state index contributed by atoms with van der Waals surface area (Å²) >= 11 is 6.42. The molecule has 1 N–H and O–H groups in total. The maximum atomic E-state index is 12.8. The number of benzene rings is 3. The zero-order valence-electron chi connectivity index (χ0n) is 18.6. The fourth-order valence-corrected chi connectivity index (χ4v) is 3.80. The maximum absolute atomic E-state index is 12.8. The van der Waals surface area contributed by atoms with Gasteiger partial charge in [-0.15, -0.1) is 0 Å². The molecule has 0 bridgehead atoms. The number of amides is 3.